The van der Waals surface area contributed by atoms with Crippen molar-refractivity contribution in [1.82, 2.24) is 14.7 Å². The average molecular weight is 405 g/mol. The molecule has 0 spiro atoms. The fourth-order valence-electron chi connectivity index (χ4n) is 3.54. The van der Waals surface area contributed by atoms with Crippen LogP contribution in [0, 0.1) is 22.7 Å². The maximum absolute atomic E-state index is 12.3. The zero-order chi connectivity index (χ0) is 21.1. The number of benzene rings is 1. The number of hydrogen-bond acceptors (Lipinski definition) is 6. The van der Waals surface area contributed by atoms with Crippen molar-refractivity contribution < 1.29 is 14.3 Å². The van der Waals surface area contributed by atoms with Gasteiger partial charge in [-0.25, -0.2) is 4.79 Å². The Balaban J connectivity index is 1.36. The van der Waals surface area contributed by atoms with Crippen molar-refractivity contribution in [2.24, 2.45) is 0 Å². The molecular weight excluding hydrogens is 382 g/mol. The fraction of sp³-hybridized carbons (Fsp3) is 0.455. The lowest BCUT2D eigenvalue weighted by Gasteiger charge is -2.32. The molecule has 1 amide bonds. The van der Waals surface area contributed by atoms with Gasteiger partial charge in [-0.2, -0.15) is 15.6 Å². The molecule has 0 radical (unpaired) electrons. The van der Waals surface area contributed by atoms with Gasteiger partial charge in [-0.05, 0) is 56.9 Å². The maximum Gasteiger partial charge on any atom is 0.410 e. The standard InChI is InChI=1S/C22H23N5O3/c1-22(8-9-22)30-21(28)26-10-6-18(7-11-26)27-20(13-24)17(14-25-27)15-29-19-4-2-16(12-23)3-5-19/h2-5,14,18H,6-11,15H2,1H3. The van der Waals surface area contributed by atoms with E-state index in [-0.39, 0.29) is 24.3 Å². The van der Waals surface area contributed by atoms with Gasteiger partial charge in [0, 0.05) is 18.7 Å². The zero-order valence-electron chi connectivity index (χ0n) is 16.9. The first-order valence-electron chi connectivity index (χ1n) is 10.1. The van der Waals surface area contributed by atoms with E-state index in [1.807, 2.05) is 6.92 Å². The Bertz CT molecular complexity index is 1000. The number of carbonyl (C=O) groups is 1. The highest BCUT2D eigenvalue weighted by atomic mass is 16.6. The lowest BCUT2D eigenvalue weighted by atomic mass is 10.1. The second-order valence-electron chi connectivity index (χ2n) is 8.04. The summed E-state index contributed by atoms with van der Waals surface area (Å²) in [6.45, 7) is 3.35. The Morgan fingerprint density at radius 1 is 1.20 bits per heavy atom. The van der Waals surface area contributed by atoms with Crippen LogP contribution in [-0.2, 0) is 11.3 Å². The Morgan fingerprint density at radius 2 is 1.90 bits per heavy atom. The minimum atomic E-state index is -0.270. The van der Waals surface area contributed by atoms with Crippen LogP contribution >= 0.6 is 0 Å². The van der Waals surface area contributed by atoms with Crippen LogP contribution in [0.2, 0.25) is 0 Å². The summed E-state index contributed by atoms with van der Waals surface area (Å²) < 4.78 is 13.0. The number of rotatable bonds is 5. The van der Waals surface area contributed by atoms with Crippen LogP contribution in [0.1, 0.15) is 55.5 Å². The predicted octanol–water partition coefficient (Wildman–Crippen LogP) is 3.53. The van der Waals surface area contributed by atoms with Crippen LogP contribution < -0.4 is 4.74 Å². The molecule has 2 heterocycles. The molecule has 8 nitrogen and oxygen atoms in total. The highest BCUT2D eigenvalue weighted by Crippen LogP contribution is 2.39. The summed E-state index contributed by atoms with van der Waals surface area (Å²) >= 11 is 0. The van der Waals surface area contributed by atoms with Crippen LogP contribution in [0.5, 0.6) is 5.75 Å². The van der Waals surface area contributed by atoms with Gasteiger partial charge in [-0.3, -0.25) is 4.68 Å². The first-order valence-corrected chi connectivity index (χ1v) is 10.1. The molecule has 1 aromatic heterocycles. The van der Waals surface area contributed by atoms with Crippen molar-refractivity contribution in [3.8, 4) is 17.9 Å². The molecule has 154 valence electrons. The number of likely N-dealkylation sites (tertiary alicyclic amines) is 1. The molecule has 0 atom stereocenters. The molecule has 0 N–H and O–H groups in total. The van der Waals surface area contributed by atoms with E-state index >= 15 is 0 Å². The molecule has 2 fully saturated rings. The van der Waals surface area contributed by atoms with Crippen LogP contribution in [0.4, 0.5) is 4.79 Å². The van der Waals surface area contributed by atoms with Crippen LogP contribution in [0.3, 0.4) is 0 Å². The van der Waals surface area contributed by atoms with E-state index < -0.39 is 0 Å². The molecule has 1 aliphatic carbocycles. The zero-order valence-corrected chi connectivity index (χ0v) is 16.9. The third-order valence-corrected chi connectivity index (χ3v) is 5.71. The molecule has 1 saturated carbocycles. The predicted molar refractivity (Wildman–Crippen MR) is 106 cm³/mol. The largest absolute Gasteiger partial charge is 0.489 e. The second-order valence-corrected chi connectivity index (χ2v) is 8.04. The highest BCUT2D eigenvalue weighted by Gasteiger charge is 2.43. The Hall–Kier alpha value is -3.52. The van der Waals surface area contributed by atoms with Crippen molar-refractivity contribution in [2.75, 3.05) is 13.1 Å². The Morgan fingerprint density at radius 3 is 2.50 bits per heavy atom. The molecule has 1 saturated heterocycles. The van der Waals surface area contributed by atoms with Crippen LogP contribution in [-0.4, -0.2) is 39.5 Å². The monoisotopic (exact) mass is 405 g/mol. The van der Waals surface area contributed by atoms with Crippen molar-refractivity contribution >= 4 is 6.09 Å². The van der Waals surface area contributed by atoms with Crippen molar-refractivity contribution in [2.45, 2.75) is 50.9 Å². The summed E-state index contributed by atoms with van der Waals surface area (Å²) in [4.78, 5) is 14.0. The summed E-state index contributed by atoms with van der Waals surface area (Å²) in [6.07, 6.45) is 4.72. The Labute approximate surface area is 175 Å². The van der Waals surface area contributed by atoms with Gasteiger partial charge in [0.2, 0.25) is 0 Å². The van der Waals surface area contributed by atoms with Crippen molar-refractivity contribution in [3.63, 3.8) is 0 Å². The van der Waals surface area contributed by atoms with Crippen LogP contribution in [0.25, 0.3) is 0 Å². The van der Waals surface area contributed by atoms with E-state index in [0.29, 0.717) is 35.7 Å². The number of carbonyl (C=O) groups excluding carboxylic acids is 1. The number of ether oxygens (including phenoxy) is 2. The van der Waals surface area contributed by atoms with Crippen LogP contribution in [0.15, 0.2) is 30.5 Å². The minimum Gasteiger partial charge on any atom is -0.489 e. The summed E-state index contributed by atoms with van der Waals surface area (Å²) in [5, 5.41) is 23.0. The van der Waals surface area contributed by atoms with Gasteiger partial charge in [0.05, 0.1) is 23.9 Å². The van der Waals surface area contributed by atoms with E-state index in [1.165, 1.54) is 0 Å². The van der Waals surface area contributed by atoms with E-state index in [1.54, 1.807) is 40.0 Å². The van der Waals surface area contributed by atoms with Gasteiger partial charge < -0.3 is 14.4 Å². The smallest absolute Gasteiger partial charge is 0.410 e. The number of nitriles is 2. The number of nitrogens with zero attached hydrogens (tertiary/aromatic N) is 5. The van der Waals surface area contributed by atoms with E-state index in [9.17, 15) is 10.1 Å². The third-order valence-electron chi connectivity index (χ3n) is 5.71. The number of amides is 1. The molecule has 8 heteroatoms. The number of hydrogen-bond donors (Lipinski definition) is 0. The lowest BCUT2D eigenvalue weighted by molar-refractivity contribution is 0.0489. The summed E-state index contributed by atoms with van der Waals surface area (Å²) in [6, 6.07) is 11.2. The quantitative estimate of drug-likeness (QED) is 0.754. The molecule has 0 bridgehead atoms. The minimum absolute atomic E-state index is 0.0591. The van der Waals surface area contributed by atoms with Gasteiger partial charge >= 0.3 is 6.09 Å². The summed E-state index contributed by atoms with van der Waals surface area (Å²) in [5.74, 6) is 0.627. The van der Waals surface area contributed by atoms with Gasteiger partial charge in [0.15, 0.2) is 0 Å². The first kappa shape index (κ1) is 19.8. The Kier molecular flexibility index (Phi) is 5.33. The molecule has 2 aliphatic rings. The van der Waals surface area contributed by atoms with Gasteiger partial charge in [-0.1, -0.05) is 0 Å². The van der Waals surface area contributed by atoms with E-state index in [4.69, 9.17) is 14.7 Å². The molecule has 30 heavy (non-hydrogen) atoms. The van der Waals surface area contributed by atoms with E-state index in [0.717, 1.165) is 25.7 Å². The van der Waals surface area contributed by atoms with Crippen molar-refractivity contribution in [1.29, 1.82) is 10.5 Å². The molecular formula is C22H23N5O3. The SMILES string of the molecule is CC1(OC(=O)N2CCC(n3ncc(COc4ccc(C#N)cc4)c3C#N)CC2)CC1. The van der Waals surface area contributed by atoms with E-state index in [2.05, 4.69) is 17.2 Å². The van der Waals surface area contributed by atoms with Gasteiger partial charge in [0.1, 0.15) is 29.7 Å². The second kappa shape index (κ2) is 8.08. The average Bonchev–Trinajstić information content (AvgIpc) is 3.35. The molecule has 4 rings (SSSR count). The van der Waals surface area contributed by atoms with Gasteiger partial charge in [-0.15, -0.1) is 0 Å². The third kappa shape index (κ3) is 4.23. The lowest BCUT2D eigenvalue weighted by Crippen LogP contribution is -2.41. The highest BCUT2D eigenvalue weighted by molar-refractivity contribution is 5.68. The summed E-state index contributed by atoms with van der Waals surface area (Å²) in [5.41, 5.74) is 1.49. The van der Waals surface area contributed by atoms with Gasteiger partial charge in [0.25, 0.3) is 0 Å². The molecule has 1 aromatic carbocycles. The topological polar surface area (TPSA) is 104 Å². The maximum atomic E-state index is 12.3. The fourth-order valence-corrected chi connectivity index (χ4v) is 3.54. The molecule has 2 aromatic rings. The molecule has 0 unspecified atom stereocenters. The first-order chi connectivity index (χ1) is 14.5. The number of piperidine rings is 1. The molecule has 1 aliphatic heterocycles. The normalized spacial score (nSPS) is 17.6. The van der Waals surface area contributed by atoms with Crippen molar-refractivity contribution in [3.05, 3.63) is 47.3 Å². The number of aromatic nitrogens is 2. The summed E-state index contributed by atoms with van der Waals surface area (Å²) in [7, 11) is 0.